The van der Waals surface area contributed by atoms with Crippen LogP contribution < -0.4 is 11.1 Å². The van der Waals surface area contributed by atoms with Crippen molar-refractivity contribution < 1.29 is 9.18 Å². The Balaban J connectivity index is 2.52. The first-order valence-corrected chi connectivity index (χ1v) is 7.36. The number of nitrogens with one attached hydrogen (secondary N) is 1. The zero-order valence-corrected chi connectivity index (χ0v) is 12.4. The summed E-state index contributed by atoms with van der Waals surface area (Å²) >= 11 is 0. The molecule has 1 amide bonds. The summed E-state index contributed by atoms with van der Waals surface area (Å²) < 4.78 is 13.3. The topological polar surface area (TPSA) is 55.1 Å². The van der Waals surface area contributed by atoms with Crippen LogP contribution in [0.2, 0.25) is 0 Å². The second kappa shape index (κ2) is 8.56. The van der Waals surface area contributed by atoms with Crippen LogP contribution in [-0.4, -0.2) is 11.9 Å². The molecule has 3 N–H and O–H groups in total. The maximum absolute atomic E-state index is 13.3. The molecular weight excluding hydrogens is 255 g/mol. The van der Waals surface area contributed by atoms with Gasteiger partial charge in [0.15, 0.2) is 0 Å². The lowest BCUT2D eigenvalue weighted by Crippen LogP contribution is -2.35. The average molecular weight is 280 g/mol. The third-order valence-electron chi connectivity index (χ3n) is 3.32. The minimum absolute atomic E-state index is 0.307. The first-order valence-electron chi connectivity index (χ1n) is 7.36. The van der Waals surface area contributed by atoms with E-state index in [1.165, 1.54) is 31.4 Å². The van der Waals surface area contributed by atoms with E-state index in [-0.39, 0.29) is 11.7 Å². The number of carbonyl (C=O) groups is 1. The Bertz CT molecular complexity index is 414. The summed E-state index contributed by atoms with van der Waals surface area (Å²) in [5.41, 5.74) is 6.84. The third kappa shape index (κ3) is 6.04. The third-order valence-corrected chi connectivity index (χ3v) is 3.32. The summed E-state index contributed by atoms with van der Waals surface area (Å²) in [7, 11) is 0. The van der Waals surface area contributed by atoms with E-state index in [2.05, 4.69) is 12.2 Å². The number of rotatable bonds is 9. The van der Waals surface area contributed by atoms with E-state index in [4.69, 9.17) is 5.73 Å². The van der Waals surface area contributed by atoms with Crippen molar-refractivity contribution in [1.82, 2.24) is 0 Å². The largest absolute Gasteiger partial charge is 0.374 e. The molecule has 1 atom stereocenters. The van der Waals surface area contributed by atoms with Crippen molar-refractivity contribution in [1.29, 1.82) is 0 Å². The molecule has 1 unspecified atom stereocenters. The van der Waals surface area contributed by atoms with Crippen LogP contribution in [0.1, 0.15) is 51.0 Å². The molecule has 4 heteroatoms. The fourth-order valence-corrected chi connectivity index (χ4v) is 2.26. The maximum Gasteiger partial charge on any atom is 0.239 e. The van der Waals surface area contributed by atoms with E-state index < -0.39 is 6.04 Å². The average Bonchev–Trinajstić information content (AvgIpc) is 2.35. The number of anilines is 1. The number of hydrogen-bond donors (Lipinski definition) is 2. The highest BCUT2D eigenvalue weighted by molar-refractivity contribution is 5.82. The van der Waals surface area contributed by atoms with E-state index in [9.17, 15) is 9.18 Å². The molecule has 3 nitrogen and oxygen atoms in total. The lowest BCUT2D eigenvalue weighted by Gasteiger charge is -2.17. The van der Waals surface area contributed by atoms with Gasteiger partial charge in [-0.2, -0.15) is 0 Å². The molecule has 0 aromatic heterocycles. The molecule has 0 saturated heterocycles. The van der Waals surface area contributed by atoms with Crippen molar-refractivity contribution in [3.05, 3.63) is 29.6 Å². The van der Waals surface area contributed by atoms with Crippen molar-refractivity contribution in [3.63, 3.8) is 0 Å². The van der Waals surface area contributed by atoms with E-state index in [0.29, 0.717) is 12.1 Å². The molecule has 20 heavy (non-hydrogen) atoms. The number of carbonyl (C=O) groups excluding carboxylic acids is 1. The minimum atomic E-state index is -0.433. The monoisotopic (exact) mass is 280 g/mol. The fourth-order valence-electron chi connectivity index (χ4n) is 2.26. The van der Waals surface area contributed by atoms with Gasteiger partial charge in [-0.3, -0.25) is 4.79 Å². The van der Waals surface area contributed by atoms with E-state index in [1.54, 1.807) is 0 Å². The molecular formula is C16H25FN2O. The number of halogens is 1. The number of hydrogen-bond acceptors (Lipinski definition) is 2. The fraction of sp³-hybridized carbons (Fsp3) is 0.562. The Kier molecular flexibility index (Phi) is 7.05. The van der Waals surface area contributed by atoms with Gasteiger partial charge in [-0.05, 0) is 37.1 Å². The molecule has 0 fully saturated rings. The first-order chi connectivity index (χ1) is 9.52. The van der Waals surface area contributed by atoms with Gasteiger partial charge in [-0.1, -0.05) is 39.0 Å². The molecule has 1 aromatic carbocycles. The van der Waals surface area contributed by atoms with Crippen LogP contribution in [0.4, 0.5) is 10.1 Å². The SMILES string of the molecule is CCCCCCCC(Nc1cc(C)cc(F)c1)C(N)=O. The van der Waals surface area contributed by atoms with Crippen LogP contribution in [0.15, 0.2) is 18.2 Å². The Morgan fingerprint density at radius 2 is 1.95 bits per heavy atom. The quantitative estimate of drug-likeness (QED) is 0.677. The molecule has 0 saturated carbocycles. The van der Waals surface area contributed by atoms with Crippen molar-refractivity contribution >= 4 is 11.6 Å². The summed E-state index contributed by atoms with van der Waals surface area (Å²) in [5, 5.41) is 3.04. The molecule has 0 aliphatic carbocycles. The molecule has 112 valence electrons. The smallest absolute Gasteiger partial charge is 0.239 e. The number of nitrogens with two attached hydrogens (primary N) is 1. The van der Waals surface area contributed by atoms with Crippen molar-refractivity contribution in [2.45, 2.75) is 58.4 Å². The van der Waals surface area contributed by atoms with Crippen LogP contribution in [0.5, 0.6) is 0 Å². The molecule has 0 heterocycles. The van der Waals surface area contributed by atoms with Gasteiger partial charge in [0.25, 0.3) is 0 Å². The van der Waals surface area contributed by atoms with Gasteiger partial charge < -0.3 is 11.1 Å². The highest BCUT2D eigenvalue weighted by atomic mass is 19.1. The van der Waals surface area contributed by atoms with Gasteiger partial charge in [-0.25, -0.2) is 4.39 Å². The Morgan fingerprint density at radius 3 is 2.55 bits per heavy atom. The standard InChI is InChI=1S/C16H25FN2O/c1-3-4-5-6-7-8-15(16(18)20)19-14-10-12(2)9-13(17)11-14/h9-11,15,19H,3-8H2,1-2H3,(H2,18,20). The molecule has 0 aliphatic rings. The number of primary amides is 1. The Hall–Kier alpha value is -1.58. The van der Waals surface area contributed by atoms with Crippen LogP contribution in [0, 0.1) is 12.7 Å². The molecule has 0 radical (unpaired) electrons. The summed E-state index contributed by atoms with van der Waals surface area (Å²) in [6.07, 6.45) is 6.34. The molecule has 1 rings (SSSR count). The van der Waals surface area contributed by atoms with Gasteiger partial charge in [0, 0.05) is 5.69 Å². The second-order valence-electron chi connectivity index (χ2n) is 5.32. The lowest BCUT2D eigenvalue weighted by molar-refractivity contribution is -0.118. The van der Waals surface area contributed by atoms with Crippen LogP contribution in [-0.2, 0) is 4.79 Å². The van der Waals surface area contributed by atoms with E-state index in [1.807, 2.05) is 13.0 Å². The zero-order chi connectivity index (χ0) is 15.0. The number of unbranched alkanes of at least 4 members (excludes halogenated alkanes) is 4. The van der Waals surface area contributed by atoms with Gasteiger partial charge >= 0.3 is 0 Å². The Morgan fingerprint density at radius 1 is 1.25 bits per heavy atom. The number of aryl methyl sites for hydroxylation is 1. The molecule has 1 aromatic rings. The normalized spacial score (nSPS) is 12.2. The van der Waals surface area contributed by atoms with Gasteiger partial charge in [0.1, 0.15) is 11.9 Å². The van der Waals surface area contributed by atoms with Crippen molar-refractivity contribution in [2.75, 3.05) is 5.32 Å². The molecule has 0 aliphatic heterocycles. The molecule has 0 spiro atoms. The van der Waals surface area contributed by atoms with Crippen LogP contribution >= 0.6 is 0 Å². The Labute approximate surface area is 120 Å². The predicted octanol–water partition coefficient (Wildman–Crippen LogP) is 3.76. The minimum Gasteiger partial charge on any atom is -0.374 e. The molecule has 0 bridgehead atoms. The lowest BCUT2D eigenvalue weighted by atomic mass is 10.1. The zero-order valence-electron chi connectivity index (χ0n) is 12.4. The predicted molar refractivity (Wildman–Crippen MR) is 81.1 cm³/mol. The van der Waals surface area contributed by atoms with Crippen molar-refractivity contribution in [2.24, 2.45) is 5.73 Å². The van der Waals surface area contributed by atoms with Crippen LogP contribution in [0.3, 0.4) is 0 Å². The summed E-state index contributed by atoms with van der Waals surface area (Å²) in [6.45, 7) is 3.98. The van der Waals surface area contributed by atoms with Gasteiger partial charge in [-0.15, -0.1) is 0 Å². The van der Waals surface area contributed by atoms with E-state index >= 15 is 0 Å². The van der Waals surface area contributed by atoms with Crippen molar-refractivity contribution in [3.8, 4) is 0 Å². The highest BCUT2D eigenvalue weighted by Gasteiger charge is 2.15. The maximum atomic E-state index is 13.3. The number of amides is 1. The summed E-state index contributed by atoms with van der Waals surface area (Å²) in [4.78, 5) is 11.5. The number of benzene rings is 1. The highest BCUT2D eigenvalue weighted by Crippen LogP contribution is 2.16. The summed E-state index contributed by atoms with van der Waals surface area (Å²) in [5.74, 6) is -0.693. The first kappa shape index (κ1) is 16.5. The van der Waals surface area contributed by atoms with Gasteiger partial charge in [0.05, 0.1) is 0 Å². The van der Waals surface area contributed by atoms with E-state index in [0.717, 1.165) is 18.4 Å². The second-order valence-corrected chi connectivity index (χ2v) is 5.32. The summed E-state index contributed by atoms with van der Waals surface area (Å²) in [6, 6.07) is 4.23. The van der Waals surface area contributed by atoms with Gasteiger partial charge in [0.2, 0.25) is 5.91 Å². The van der Waals surface area contributed by atoms with Crippen LogP contribution in [0.25, 0.3) is 0 Å².